The zero-order valence-corrected chi connectivity index (χ0v) is 20.1. The number of nitrogens with zero attached hydrogens (tertiary/aromatic N) is 3. The van der Waals surface area contributed by atoms with Gasteiger partial charge < -0.3 is 10.2 Å². The molecule has 1 N–H and O–H groups in total. The molecule has 2 aliphatic rings. The van der Waals surface area contributed by atoms with Crippen molar-refractivity contribution >= 4 is 61.3 Å². The Labute approximate surface area is 199 Å². The van der Waals surface area contributed by atoms with Gasteiger partial charge in [-0.25, -0.2) is 9.98 Å². The predicted molar refractivity (Wildman–Crippen MR) is 138 cm³/mol. The van der Waals surface area contributed by atoms with E-state index in [9.17, 15) is 4.79 Å². The van der Waals surface area contributed by atoms with E-state index in [1.807, 2.05) is 42.1 Å². The lowest BCUT2D eigenvalue weighted by molar-refractivity contribution is -0.113. The topological polar surface area (TPSA) is 57.6 Å². The lowest BCUT2D eigenvalue weighted by Gasteiger charge is -2.31. The van der Waals surface area contributed by atoms with Crippen molar-refractivity contribution in [2.24, 2.45) is 4.99 Å². The Hall–Kier alpha value is -2.55. The Bertz CT molecular complexity index is 1260. The maximum atomic E-state index is 12.7. The maximum absolute atomic E-state index is 12.7. The summed E-state index contributed by atoms with van der Waals surface area (Å²) in [6.45, 7) is 7.09. The zero-order valence-electron chi connectivity index (χ0n) is 17.6. The summed E-state index contributed by atoms with van der Waals surface area (Å²) >= 11 is 4.77. The molecule has 2 aliphatic heterocycles. The van der Waals surface area contributed by atoms with E-state index in [2.05, 4.69) is 46.9 Å². The number of aliphatic imine (C=N–C) groups is 1. The molecule has 2 aromatic carbocycles. The number of aromatic nitrogens is 1. The molecule has 0 saturated heterocycles. The highest BCUT2D eigenvalue weighted by Gasteiger charge is 2.30. The number of fused-ring (bicyclic) bond motifs is 1. The van der Waals surface area contributed by atoms with E-state index in [0.29, 0.717) is 11.7 Å². The lowest BCUT2D eigenvalue weighted by atomic mass is 10.2. The van der Waals surface area contributed by atoms with E-state index < -0.39 is 0 Å². The highest BCUT2D eigenvalue weighted by Crippen LogP contribution is 2.42. The fourth-order valence-corrected chi connectivity index (χ4v) is 6.54. The number of thioether (sulfide) groups is 2. The molecule has 0 saturated carbocycles. The van der Waals surface area contributed by atoms with E-state index in [1.54, 1.807) is 0 Å². The molecule has 0 unspecified atom stereocenters. The van der Waals surface area contributed by atoms with E-state index in [0.717, 1.165) is 39.0 Å². The second-order valence-corrected chi connectivity index (χ2v) is 10.7. The molecule has 8 heteroatoms. The Balaban J connectivity index is 1.30. The number of rotatable bonds is 5. The van der Waals surface area contributed by atoms with Crippen LogP contribution in [-0.4, -0.2) is 32.5 Å². The number of thiazole rings is 1. The summed E-state index contributed by atoms with van der Waals surface area (Å²) in [6.07, 6.45) is 0.944. The van der Waals surface area contributed by atoms with E-state index in [-0.39, 0.29) is 11.7 Å². The van der Waals surface area contributed by atoms with Crippen LogP contribution in [0.25, 0.3) is 10.2 Å². The average Bonchev–Trinajstić information content (AvgIpc) is 3.41. The van der Waals surface area contributed by atoms with Crippen LogP contribution in [0.4, 0.5) is 5.13 Å². The van der Waals surface area contributed by atoms with Gasteiger partial charge in [0.15, 0.2) is 10.3 Å². The quantitative estimate of drug-likeness (QED) is 0.487. The first-order chi connectivity index (χ1) is 15.6. The number of allylic oxidation sites excluding steroid dienone is 1. The molecular weight excluding hydrogens is 456 g/mol. The molecule has 32 heavy (non-hydrogen) atoms. The number of aryl methyl sites for hydroxylation is 1. The van der Waals surface area contributed by atoms with Crippen LogP contribution < -0.4 is 5.32 Å². The largest absolute Gasteiger partial charge is 0.316 e. The predicted octanol–water partition coefficient (Wildman–Crippen LogP) is 6.01. The summed E-state index contributed by atoms with van der Waals surface area (Å²) in [5.41, 5.74) is 5.34. The number of hydrogen-bond donors (Lipinski definition) is 1. The van der Waals surface area contributed by atoms with Crippen LogP contribution in [0.3, 0.4) is 0 Å². The third kappa shape index (κ3) is 4.48. The summed E-state index contributed by atoms with van der Waals surface area (Å²) < 4.78 is 1.08. The van der Waals surface area contributed by atoms with Gasteiger partial charge in [0.1, 0.15) is 0 Å². The minimum absolute atomic E-state index is 0.0840. The second-order valence-electron chi connectivity index (χ2n) is 7.61. The Morgan fingerprint density at radius 1 is 1.25 bits per heavy atom. The molecule has 0 bridgehead atoms. The van der Waals surface area contributed by atoms with Gasteiger partial charge in [0.25, 0.3) is 0 Å². The Morgan fingerprint density at radius 3 is 2.94 bits per heavy atom. The highest BCUT2D eigenvalue weighted by molar-refractivity contribution is 8.14. The van der Waals surface area contributed by atoms with Crippen LogP contribution in [0.15, 0.2) is 76.4 Å². The smallest absolute Gasteiger partial charge is 0.236 e. The number of carbonyl (C=O) groups excluding carboxylic acids is 1. The first-order valence-corrected chi connectivity index (χ1v) is 13.1. The van der Waals surface area contributed by atoms with Gasteiger partial charge in [0, 0.05) is 12.2 Å². The molecule has 1 aromatic heterocycles. The van der Waals surface area contributed by atoms with Gasteiger partial charge in [-0.15, -0.1) is 11.8 Å². The number of amides is 1. The standard InChI is InChI=1S/C24H22N4OS3/c1-15-8-9-18-20(12-15)32-23(25-18)27-21(29)14-31-24-26-19-10-11-30-22(19)16(2)28(24)13-17-6-4-3-5-7-17/h3-9,12H,2,10-11,13-14H2,1H3,(H,25,27,29). The zero-order chi connectivity index (χ0) is 22.1. The number of anilines is 1. The van der Waals surface area contributed by atoms with Crippen molar-refractivity contribution in [1.82, 2.24) is 9.88 Å². The van der Waals surface area contributed by atoms with Crippen LogP contribution in [0.5, 0.6) is 0 Å². The fourth-order valence-electron chi connectivity index (χ4n) is 3.63. The minimum atomic E-state index is -0.0840. The van der Waals surface area contributed by atoms with Crippen LogP contribution in [0.1, 0.15) is 17.5 Å². The Kier molecular flexibility index (Phi) is 6.08. The van der Waals surface area contributed by atoms with Gasteiger partial charge in [0.05, 0.1) is 38.8 Å². The van der Waals surface area contributed by atoms with Crippen LogP contribution in [-0.2, 0) is 11.3 Å². The number of benzene rings is 2. The van der Waals surface area contributed by atoms with Gasteiger partial charge >= 0.3 is 0 Å². The van der Waals surface area contributed by atoms with Crippen molar-refractivity contribution in [3.05, 3.63) is 82.5 Å². The minimum Gasteiger partial charge on any atom is -0.316 e. The molecule has 5 rings (SSSR count). The SMILES string of the molecule is C=C1C2=C(CCS2)N=C(SCC(=O)Nc2nc3ccc(C)cc3s2)N1Cc1ccccc1. The van der Waals surface area contributed by atoms with Gasteiger partial charge in [-0.05, 0) is 30.2 Å². The second kappa shape index (κ2) is 9.13. The summed E-state index contributed by atoms with van der Waals surface area (Å²) in [7, 11) is 0. The van der Waals surface area contributed by atoms with E-state index >= 15 is 0 Å². The third-order valence-electron chi connectivity index (χ3n) is 5.20. The normalized spacial score (nSPS) is 15.8. The van der Waals surface area contributed by atoms with Crippen LogP contribution in [0.2, 0.25) is 0 Å². The first kappa shape index (κ1) is 21.3. The summed E-state index contributed by atoms with van der Waals surface area (Å²) in [5, 5.41) is 4.41. The molecular formula is C24H22N4OS3. The van der Waals surface area contributed by atoms with E-state index in [4.69, 9.17) is 4.99 Å². The average molecular weight is 479 g/mol. The van der Waals surface area contributed by atoms with Gasteiger partial charge in [0.2, 0.25) is 5.91 Å². The molecule has 1 amide bonds. The van der Waals surface area contributed by atoms with Crippen molar-refractivity contribution in [2.45, 2.75) is 19.9 Å². The van der Waals surface area contributed by atoms with Gasteiger partial charge in [-0.2, -0.15) is 0 Å². The van der Waals surface area contributed by atoms with Crippen LogP contribution >= 0.6 is 34.9 Å². The summed E-state index contributed by atoms with van der Waals surface area (Å²) in [6, 6.07) is 16.4. The lowest BCUT2D eigenvalue weighted by Crippen LogP contribution is -2.31. The number of hydrogen-bond acceptors (Lipinski definition) is 7. The molecule has 0 spiro atoms. The van der Waals surface area contributed by atoms with Crippen LogP contribution in [0, 0.1) is 6.92 Å². The number of amidine groups is 1. The molecule has 162 valence electrons. The molecule has 0 aliphatic carbocycles. The van der Waals surface area contributed by atoms with Crippen molar-refractivity contribution < 1.29 is 4.79 Å². The number of nitrogens with one attached hydrogen (secondary N) is 1. The fraction of sp³-hybridized carbons (Fsp3) is 0.208. The monoisotopic (exact) mass is 478 g/mol. The maximum Gasteiger partial charge on any atom is 0.236 e. The molecule has 0 radical (unpaired) electrons. The highest BCUT2D eigenvalue weighted by atomic mass is 32.2. The van der Waals surface area contributed by atoms with Crippen molar-refractivity contribution in [3.8, 4) is 0 Å². The summed E-state index contributed by atoms with van der Waals surface area (Å²) in [4.78, 5) is 25.4. The van der Waals surface area contributed by atoms with Crippen molar-refractivity contribution in [1.29, 1.82) is 0 Å². The van der Waals surface area contributed by atoms with Crippen molar-refractivity contribution in [3.63, 3.8) is 0 Å². The number of carbonyl (C=O) groups is 1. The first-order valence-electron chi connectivity index (χ1n) is 10.3. The molecule has 0 fully saturated rings. The van der Waals surface area contributed by atoms with E-state index in [1.165, 1.54) is 39.1 Å². The van der Waals surface area contributed by atoms with Gasteiger partial charge in [-0.1, -0.05) is 66.1 Å². The Morgan fingerprint density at radius 2 is 2.09 bits per heavy atom. The molecule has 3 heterocycles. The van der Waals surface area contributed by atoms with Crippen molar-refractivity contribution in [2.75, 3.05) is 16.8 Å². The third-order valence-corrected chi connectivity index (χ3v) is 8.28. The molecule has 5 nitrogen and oxygen atoms in total. The summed E-state index contributed by atoms with van der Waals surface area (Å²) in [5.74, 6) is 1.21. The molecule has 3 aromatic rings. The molecule has 0 atom stereocenters. The van der Waals surface area contributed by atoms with Gasteiger partial charge in [-0.3, -0.25) is 4.79 Å².